The molecule has 0 heterocycles. The van der Waals surface area contributed by atoms with Crippen molar-refractivity contribution in [3.63, 3.8) is 0 Å². The number of carboxylic acids is 2. The van der Waals surface area contributed by atoms with Gasteiger partial charge in [0, 0.05) is 0 Å². The van der Waals surface area contributed by atoms with Crippen LogP contribution in [-0.2, 0) is 22.4 Å². The molecule has 0 spiro atoms. The molecule has 0 saturated heterocycles. The molecule has 0 atom stereocenters. The van der Waals surface area contributed by atoms with Gasteiger partial charge in [0.2, 0.25) is 0 Å². The van der Waals surface area contributed by atoms with E-state index in [1.54, 1.807) is 48.5 Å². The van der Waals surface area contributed by atoms with Gasteiger partial charge in [-0.15, -0.1) is 0 Å². The van der Waals surface area contributed by atoms with Crippen LogP contribution in [0.1, 0.15) is 12.6 Å². The molecule has 0 fully saturated rings. The van der Waals surface area contributed by atoms with Crippen LogP contribution in [0.15, 0.2) is 60.7 Å². The summed E-state index contributed by atoms with van der Waals surface area (Å²) in [7, 11) is 0. The normalized spacial score (nSPS) is 10.5. The Balaban J connectivity index is 0.00000242. The first-order valence-corrected chi connectivity index (χ1v) is 6.59. The largest absolute Gasteiger partial charge is 1.00 e. The minimum atomic E-state index is -1.86. The fraction of sp³-hybridized carbons (Fsp3) is 0.176. The number of aliphatic carboxylic acids is 2. The Hall–Kier alpha value is -0.984. The molecule has 0 unspecified atom stereocenters. The summed E-state index contributed by atoms with van der Waals surface area (Å²) < 4.78 is 0. The van der Waals surface area contributed by atoms with Gasteiger partial charge in [-0.2, -0.15) is 0 Å². The van der Waals surface area contributed by atoms with Crippen molar-refractivity contribution in [2.45, 2.75) is 12.8 Å². The fourth-order valence-corrected chi connectivity index (χ4v) is 2.35. The van der Waals surface area contributed by atoms with Crippen LogP contribution in [0.3, 0.4) is 0 Å². The molecule has 2 aromatic carbocycles. The molecule has 0 bridgehead atoms. The monoisotopic (exact) mass is 324 g/mol. The summed E-state index contributed by atoms with van der Waals surface area (Å²) in [5.41, 5.74) is -0.473. The minimum Gasteiger partial charge on any atom is -1.00 e. The van der Waals surface area contributed by atoms with Gasteiger partial charge in [-0.05, 0) is 24.0 Å². The van der Waals surface area contributed by atoms with Crippen LogP contribution >= 0.6 is 0 Å². The fourth-order valence-electron chi connectivity index (χ4n) is 2.35. The Morgan fingerprint density at radius 3 is 1.36 bits per heavy atom. The van der Waals surface area contributed by atoms with E-state index in [0.29, 0.717) is 11.1 Å². The van der Waals surface area contributed by atoms with E-state index in [1.165, 1.54) is 0 Å². The summed E-state index contributed by atoms with van der Waals surface area (Å²) in [6.45, 7) is 0. The van der Waals surface area contributed by atoms with Gasteiger partial charge in [-0.25, -0.2) is 0 Å². The maximum atomic E-state index is 11.7. The van der Waals surface area contributed by atoms with E-state index in [9.17, 15) is 19.8 Å². The molecule has 4 nitrogen and oxygen atoms in total. The van der Waals surface area contributed by atoms with Gasteiger partial charge in [0.25, 0.3) is 0 Å². The average Bonchev–Trinajstić information content (AvgIpc) is 2.48. The number of hydrogen-bond donors (Lipinski definition) is 2. The van der Waals surface area contributed by atoms with Gasteiger partial charge >= 0.3 is 63.3 Å². The number of rotatable bonds is 6. The molecular weight excluding hydrogens is 307 g/mol. The molecular formula is C17H17KO4. The summed E-state index contributed by atoms with van der Waals surface area (Å²) >= 11 is 0. The number of benzene rings is 2. The maximum Gasteiger partial charge on any atom is 1.00 e. The standard InChI is InChI=1S/C17H16O4.K.H/c18-15(19)17(16(20)21,11-13-7-3-1-4-8-13)12-14-9-5-2-6-10-14;;/h1-10H,11-12H2,(H,18,19)(H,20,21);;/q;+1;-1. The topological polar surface area (TPSA) is 74.6 Å². The molecule has 110 valence electrons. The van der Waals surface area contributed by atoms with Crippen molar-refractivity contribution in [1.29, 1.82) is 0 Å². The van der Waals surface area contributed by atoms with Crippen LogP contribution in [0, 0.1) is 5.41 Å². The van der Waals surface area contributed by atoms with Crippen LogP contribution in [0.5, 0.6) is 0 Å². The summed E-state index contributed by atoms with van der Waals surface area (Å²) in [6, 6.07) is 17.7. The molecule has 0 radical (unpaired) electrons. The summed E-state index contributed by atoms with van der Waals surface area (Å²) in [5.74, 6) is -2.63. The molecule has 0 saturated carbocycles. The SMILES string of the molecule is O=C(O)C(Cc1ccccc1)(Cc1ccccc1)C(=O)O.[H-].[K+]. The quantitative estimate of drug-likeness (QED) is 0.567. The van der Waals surface area contributed by atoms with E-state index in [2.05, 4.69) is 0 Å². The number of carboxylic acid groups (broad SMARTS) is 2. The predicted octanol–water partition coefficient (Wildman–Crippen LogP) is -0.256. The Kier molecular flexibility index (Phi) is 7.45. The van der Waals surface area contributed by atoms with Crippen molar-refractivity contribution in [1.82, 2.24) is 0 Å². The molecule has 2 N–H and O–H groups in total. The molecule has 22 heavy (non-hydrogen) atoms. The molecule has 5 heteroatoms. The first kappa shape index (κ1) is 19.1. The van der Waals surface area contributed by atoms with Gasteiger partial charge in [0.15, 0.2) is 5.41 Å². The molecule has 0 aliphatic carbocycles. The van der Waals surface area contributed by atoms with Crippen LogP contribution < -0.4 is 51.4 Å². The van der Waals surface area contributed by atoms with E-state index in [1.807, 2.05) is 12.1 Å². The Morgan fingerprint density at radius 1 is 0.773 bits per heavy atom. The zero-order chi connectivity index (χ0) is 15.3. The Morgan fingerprint density at radius 2 is 1.09 bits per heavy atom. The third-order valence-electron chi connectivity index (χ3n) is 3.52. The van der Waals surface area contributed by atoms with Crippen molar-refractivity contribution < 1.29 is 72.6 Å². The third kappa shape index (κ3) is 4.50. The van der Waals surface area contributed by atoms with Crippen LogP contribution in [-0.4, -0.2) is 22.2 Å². The second-order valence-electron chi connectivity index (χ2n) is 5.02. The van der Waals surface area contributed by atoms with Crippen LogP contribution in [0.25, 0.3) is 0 Å². The summed E-state index contributed by atoms with van der Waals surface area (Å²) in [4.78, 5) is 23.4. The Labute approximate surface area is 173 Å². The van der Waals surface area contributed by atoms with Crippen molar-refractivity contribution in [2.75, 3.05) is 0 Å². The zero-order valence-corrected chi connectivity index (χ0v) is 15.5. The third-order valence-corrected chi connectivity index (χ3v) is 3.52. The number of hydrogen-bond acceptors (Lipinski definition) is 2. The second-order valence-corrected chi connectivity index (χ2v) is 5.02. The van der Waals surface area contributed by atoms with Crippen molar-refractivity contribution in [2.24, 2.45) is 5.41 Å². The predicted molar refractivity (Wildman–Crippen MR) is 79.1 cm³/mol. The van der Waals surface area contributed by atoms with Crippen LogP contribution in [0.2, 0.25) is 0 Å². The molecule has 0 aromatic heterocycles. The molecule has 2 aromatic rings. The average molecular weight is 324 g/mol. The summed E-state index contributed by atoms with van der Waals surface area (Å²) in [5, 5.41) is 19.1. The van der Waals surface area contributed by atoms with Gasteiger partial charge in [-0.1, -0.05) is 60.7 Å². The van der Waals surface area contributed by atoms with Crippen molar-refractivity contribution in [3.8, 4) is 0 Å². The zero-order valence-electron chi connectivity index (χ0n) is 13.4. The van der Waals surface area contributed by atoms with Gasteiger partial charge in [0.1, 0.15) is 0 Å². The summed E-state index contributed by atoms with van der Waals surface area (Å²) in [6.07, 6.45) is -0.0964. The number of carbonyl (C=O) groups is 2. The van der Waals surface area contributed by atoms with Crippen molar-refractivity contribution >= 4 is 11.9 Å². The van der Waals surface area contributed by atoms with Gasteiger partial charge in [-0.3, -0.25) is 9.59 Å². The van der Waals surface area contributed by atoms with Gasteiger partial charge in [0.05, 0.1) is 0 Å². The van der Waals surface area contributed by atoms with E-state index in [4.69, 9.17) is 0 Å². The second kappa shape index (κ2) is 8.60. The molecule has 0 amide bonds. The van der Waals surface area contributed by atoms with Crippen molar-refractivity contribution in [3.05, 3.63) is 71.8 Å². The van der Waals surface area contributed by atoms with E-state index in [0.717, 1.165) is 0 Å². The molecule has 2 rings (SSSR count). The first-order valence-electron chi connectivity index (χ1n) is 6.59. The molecule has 0 aliphatic heterocycles. The maximum absolute atomic E-state index is 11.7. The minimum absolute atomic E-state index is 0. The van der Waals surface area contributed by atoms with E-state index >= 15 is 0 Å². The van der Waals surface area contributed by atoms with E-state index in [-0.39, 0.29) is 65.7 Å². The van der Waals surface area contributed by atoms with Gasteiger partial charge < -0.3 is 11.6 Å². The Bertz CT molecular complexity index is 574. The smallest absolute Gasteiger partial charge is 1.00 e. The van der Waals surface area contributed by atoms with E-state index < -0.39 is 17.4 Å². The van der Waals surface area contributed by atoms with Crippen LogP contribution in [0.4, 0.5) is 0 Å². The first-order chi connectivity index (χ1) is 10.0. The molecule has 0 aliphatic rings.